The molecule has 1 aromatic carbocycles. The Labute approximate surface area is 112 Å². The lowest BCUT2D eigenvalue weighted by Crippen LogP contribution is -2.33. The second-order valence-electron chi connectivity index (χ2n) is 4.90. The van der Waals surface area contributed by atoms with E-state index in [1.807, 2.05) is 25.1 Å². The minimum atomic E-state index is 0.366. The maximum absolute atomic E-state index is 6.04. The fourth-order valence-corrected chi connectivity index (χ4v) is 2.73. The zero-order chi connectivity index (χ0) is 13.4. The lowest BCUT2D eigenvalue weighted by Gasteiger charge is -2.36. The van der Waals surface area contributed by atoms with Crippen LogP contribution in [0.25, 0.3) is 11.0 Å². The van der Waals surface area contributed by atoms with Crippen LogP contribution in [0.1, 0.15) is 25.8 Å². The summed E-state index contributed by atoms with van der Waals surface area (Å²) in [6.45, 7) is 2.80. The molecule has 2 aromatic rings. The number of ether oxygens (including phenoxy) is 2. The van der Waals surface area contributed by atoms with Crippen molar-refractivity contribution in [2.75, 3.05) is 19.5 Å². The van der Waals surface area contributed by atoms with Gasteiger partial charge in [-0.1, -0.05) is 0 Å². The Morgan fingerprint density at radius 2 is 2.21 bits per heavy atom. The number of anilines is 1. The van der Waals surface area contributed by atoms with Gasteiger partial charge in [-0.3, -0.25) is 0 Å². The molecule has 1 fully saturated rings. The van der Waals surface area contributed by atoms with Gasteiger partial charge in [0, 0.05) is 18.7 Å². The van der Waals surface area contributed by atoms with Crippen molar-refractivity contribution in [3.63, 3.8) is 0 Å². The van der Waals surface area contributed by atoms with E-state index in [1.54, 1.807) is 7.11 Å². The molecule has 0 saturated heterocycles. The first kappa shape index (κ1) is 12.3. The summed E-state index contributed by atoms with van der Waals surface area (Å²) in [5.74, 6) is 1.38. The predicted molar refractivity (Wildman–Crippen MR) is 74.4 cm³/mol. The Morgan fingerprint density at radius 1 is 1.42 bits per heavy atom. The number of hydrogen-bond acceptors (Lipinski definition) is 4. The number of fused-ring (bicyclic) bond motifs is 1. The van der Waals surface area contributed by atoms with Crippen molar-refractivity contribution >= 4 is 17.0 Å². The van der Waals surface area contributed by atoms with Crippen molar-refractivity contribution in [2.24, 2.45) is 0 Å². The second-order valence-corrected chi connectivity index (χ2v) is 4.90. The number of imidazole rings is 1. The minimum Gasteiger partial charge on any atom is -0.497 e. The Morgan fingerprint density at radius 3 is 2.89 bits per heavy atom. The maximum Gasteiger partial charge on any atom is 0.201 e. The molecule has 5 nitrogen and oxygen atoms in total. The Hall–Kier alpha value is -1.75. The monoisotopic (exact) mass is 261 g/mol. The number of aromatic nitrogens is 2. The number of nitrogens with two attached hydrogens (primary N) is 1. The van der Waals surface area contributed by atoms with Gasteiger partial charge in [0.2, 0.25) is 5.95 Å². The molecule has 102 valence electrons. The molecule has 1 aromatic heterocycles. The van der Waals surface area contributed by atoms with E-state index in [-0.39, 0.29) is 0 Å². The average molecular weight is 261 g/mol. The van der Waals surface area contributed by atoms with Crippen LogP contribution in [0.2, 0.25) is 0 Å². The summed E-state index contributed by atoms with van der Waals surface area (Å²) in [5, 5.41) is 0. The molecule has 0 spiro atoms. The molecule has 3 rings (SSSR count). The molecular weight excluding hydrogens is 242 g/mol. The molecule has 0 bridgehead atoms. The first-order valence-electron chi connectivity index (χ1n) is 6.66. The molecule has 5 heteroatoms. The van der Waals surface area contributed by atoms with E-state index in [0.29, 0.717) is 18.1 Å². The van der Waals surface area contributed by atoms with Gasteiger partial charge >= 0.3 is 0 Å². The van der Waals surface area contributed by atoms with Crippen molar-refractivity contribution in [1.82, 2.24) is 9.55 Å². The van der Waals surface area contributed by atoms with E-state index in [2.05, 4.69) is 9.55 Å². The van der Waals surface area contributed by atoms with Crippen LogP contribution in [0.3, 0.4) is 0 Å². The summed E-state index contributed by atoms with van der Waals surface area (Å²) >= 11 is 0. The zero-order valence-electron chi connectivity index (χ0n) is 11.3. The number of methoxy groups -OCH3 is 1. The largest absolute Gasteiger partial charge is 0.497 e. The van der Waals surface area contributed by atoms with Gasteiger partial charge in [-0.15, -0.1) is 0 Å². The van der Waals surface area contributed by atoms with Crippen molar-refractivity contribution in [2.45, 2.75) is 31.9 Å². The molecule has 1 heterocycles. The van der Waals surface area contributed by atoms with E-state index in [0.717, 1.165) is 36.2 Å². The van der Waals surface area contributed by atoms with Crippen molar-refractivity contribution in [3.8, 4) is 5.75 Å². The van der Waals surface area contributed by atoms with Crippen LogP contribution in [0.4, 0.5) is 5.95 Å². The first-order chi connectivity index (χ1) is 9.22. The number of nitrogens with zero attached hydrogens (tertiary/aromatic N) is 2. The highest BCUT2D eigenvalue weighted by Gasteiger charge is 2.33. The number of benzene rings is 1. The maximum atomic E-state index is 6.04. The lowest BCUT2D eigenvalue weighted by molar-refractivity contribution is -0.0182. The van der Waals surface area contributed by atoms with E-state index in [4.69, 9.17) is 15.2 Å². The van der Waals surface area contributed by atoms with Crippen LogP contribution in [-0.2, 0) is 4.74 Å². The van der Waals surface area contributed by atoms with Gasteiger partial charge in [-0.05, 0) is 31.9 Å². The quantitative estimate of drug-likeness (QED) is 0.917. The number of rotatable bonds is 4. The smallest absolute Gasteiger partial charge is 0.201 e. The van der Waals surface area contributed by atoms with Crippen LogP contribution in [0, 0.1) is 0 Å². The summed E-state index contributed by atoms with van der Waals surface area (Å²) in [4.78, 5) is 4.42. The summed E-state index contributed by atoms with van der Waals surface area (Å²) < 4.78 is 12.9. The highest BCUT2D eigenvalue weighted by Crippen LogP contribution is 2.38. The SMILES string of the molecule is CCOC1CC(n2c(N)nc3cc(OC)ccc32)C1. The molecule has 1 aliphatic carbocycles. The molecule has 0 unspecified atom stereocenters. The normalized spacial score (nSPS) is 22.4. The third kappa shape index (κ3) is 2.04. The van der Waals surface area contributed by atoms with Gasteiger partial charge in [-0.2, -0.15) is 0 Å². The van der Waals surface area contributed by atoms with E-state index in [9.17, 15) is 0 Å². The Balaban J connectivity index is 1.90. The summed E-state index contributed by atoms with van der Waals surface area (Å²) in [5.41, 5.74) is 8.00. The third-order valence-corrected chi connectivity index (χ3v) is 3.76. The van der Waals surface area contributed by atoms with Gasteiger partial charge in [0.15, 0.2) is 0 Å². The Kier molecular flexibility index (Phi) is 3.06. The van der Waals surface area contributed by atoms with Crippen molar-refractivity contribution < 1.29 is 9.47 Å². The molecule has 0 radical (unpaired) electrons. The minimum absolute atomic E-state index is 0.366. The molecular formula is C14H19N3O2. The highest BCUT2D eigenvalue weighted by atomic mass is 16.5. The van der Waals surface area contributed by atoms with E-state index >= 15 is 0 Å². The first-order valence-corrected chi connectivity index (χ1v) is 6.66. The predicted octanol–water partition coefficient (Wildman–Crippen LogP) is 2.37. The molecule has 0 aliphatic heterocycles. The van der Waals surface area contributed by atoms with Crippen molar-refractivity contribution in [3.05, 3.63) is 18.2 Å². The number of nitrogen functional groups attached to an aromatic ring is 1. The van der Waals surface area contributed by atoms with Gasteiger partial charge in [0.1, 0.15) is 5.75 Å². The fraction of sp³-hybridized carbons (Fsp3) is 0.500. The Bertz CT molecular complexity index is 588. The number of hydrogen-bond donors (Lipinski definition) is 1. The molecule has 2 N–H and O–H groups in total. The van der Waals surface area contributed by atoms with Crippen LogP contribution >= 0.6 is 0 Å². The van der Waals surface area contributed by atoms with Crippen LogP contribution in [0.15, 0.2) is 18.2 Å². The molecule has 1 aliphatic rings. The van der Waals surface area contributed by atoms with Gasteiger partial charge in [-0.25, -0.2) is 4.98 Å². The summed E-state index contributed by atoms with van der Waals surface area (Å²) in [7, 11) is 1.65. The van der Waals surface area contributed by atoms with E-state index < -0.39 is 0 Å². The highest BCUT2D eigenvalue weighted by molar-refractivity contribution is 5.80. The van der Waals surface area contributed by atoms with E-state index in [1.165, 1.54) is 0 Å². The summed E-state index contributed by atoms with van der Waals surface area (Å²) in [6.07, 6.45) is 2.38. The molecule has 0 amide bonds. The average Bonchev–Trinajstić information content (AvgIpc) is 2.68. The van der Waals surface area contributed by atoms with Gasteiger partial charge in [0.05, 0.1) is 24.2 Å². The lowest BCUT2D eigenvalue weighted by atomic mass is 9.89. The second kappa shape index (κ2) is 4.74. The fourth-order valence-electron chi connectivity index (χ4n) is 2.73. The molecule has 19 heavy (non-hydrogen) atoms. The van der Waals surface area contributed by atoms with Crippen LogP contribution < -0.4 is 10.5 Å². The van der Waals surface area contributed by atoms with Crippen LogP contribution in [0.5, 0.6) is 5.75 Å². The van der Waals surface area contributed by atoms with Crippen LogP contribution in [-0.4, -0.2) is 29.4 Å². The molecule has 0 atom stereocenters. The zero-order valence-corrected chi connectivity index (χ0v) is 11.3. The topological polar surface area (TPSA) is 62.3 Å². The third-order valence-electron chi connectivity index (χ3n) is 3.76. The summed E-state index contributed by atoms with van der Waals surface area (Å²) in [6, 6.07) is 6.28. The standard InChI is InChI=1S/C14H19N3O2/c1-3-19-11-6-9(7-11)17-13-5-4-10(18-2)8-12(13)16-14(17)15/h4-5,8-9,11H,3,6-7H2,1-2H3,(H2,15,16). The van der Waals surface area contributed by atoms with Gasteiger partial charge in [0.25, 0.3) is 0 Å². The van der Waals surface area contributed by atoms with Gasteiger partial charge < -0.3 is 19.8 Å². The van der Waals surface area contributed by atoms with Crippen molar-refractivity contribution in [1.29, 1.82) is 0 Å². The molecule has 1 saturated carbocycles.